The molecule has 3 aromatic rings. The second kappa shape index (κ2) is 5.60. The number of H-pyrrole nitrogens is 1. The third-order valence-electron chi connectivity index (χ3n) is 4.56. The molecule has 1 aromatic heterocycles. The van der Waals surface area contributed by atoms with Crippen LogP contribution in [0.15, 0.2) is 47.1 Å². The molecule has 5 heteroatoms. The molecule has 24 heavy (non-hydrogen) atoms. The number of hydrogen-bond donors (Lipinski definition) is 1. The molecule has 1 aliphatic heterocycles. The molecule has 0 atom stereocenters. The number of carbonyl (C=O) groups excluding carboxylic acids is 2. The number of imide groups is 1. The number of aromatic nitrogens is 1. The van der Waals surface area contributed by atoms with Crippen molar-refractivity contribution in [3.8, 4) is 0 Å². The number of nitrogens with one attached hydrogen (secondary N) is 1. The molecule has 0 unspecified atom stereocenters. The molecule has 1 aliphatic rings. The molecular formula is C19H15BrN2O2. The van der Waals surface area contributed by atoms with Crippen LogP contribution in [0.2, 0.25) is 0 Å². The van der Waals surface area contributed by atoms with Crippen LogP contribution in [0.4, 0.5) is 0 Å². The third-order valence-corrected chi connectivity index (χ3v) is 5.24. The van der Waals surface area contributed by atoms with Crippen molar-refractivity contribution in [2.24, 2.45) is 0 Å². The van der Waals surface area contributed by atoms with Crippen LogP contribution < -0.4 is 0 Å². The zero-order valence-electron chi connectivity index (χ0n) is 13.1. The van der Waals surface area contributed by atoms with Crippen LogP contribution in [-0.4, -0.2) is 28.2 Å². The van der Waals surface area contributed by atoms with Crippen molar-refractivity contribution in [3.05, 3.63) is 69.3 Å². The SMILES string of the molecule is Cc1cccc2c(CCN3C(=O)c4ccccc4C3=O)c(Br)[nH]c12. The van der Waals surface area contributed by atoms with E-state index in [1.807, 2.05) is 6.07 Å². The van der Waals surface area contributed by atoms with E-state index in [-0.39, 0.29) is 11.8 Å². The number of benzene rings is 2. The minimum Gasteiger partial charge on any atom is -0.349 e. The van der Waals surface area contributed by atoms with Gasteiger partial charge in [0, 0.05) is 17.4 Å². The van der Waals surface area contributed by atoms with E-state index in [0.717, 1.165) is 21.1 Å². The van der Waals surface area contributed by atoms with Crippen molar-refractivity contribution >= 4 is 38.6 Å². The van der Waals surface area contributed by atoms with Crippen molar-refractivity contribution in [2.45, 2.75) is 13.3 Å². The molecule has 4 nitrogen and oxygen atoms in total. The maximum atomic E-state index is 12.5. The predicted molar refractivity (Wildman–Crippen MR) is 96.2 cm³/mol. The maximum Gasteiger partial charge on any atom is 0.261 e. The average molecular weight is 383 g/mol. The first kappa shape index (κ1) is 15.1. The Morgan fingerprint density at radius 1 is 1.00 bits per heavy atom. The number of nitrogens with zero attached hydrogens (tertiary/aromatic N) is 1. The minimum absolute atomic E-state index is 0.206. The smallest absolute Gasteiger partial charge is 0.261 e. The zero-order valence-corrected chi connectivity index (χ0v) is 14.7. The highest BCUT2D eigenvalue weighted by Gasteiger charge is 2.34. The second-order valence-corrected chi connectivity index (χ2v) is 6.77. The number of aromatic amines is 1. The molecule has 0 spiro atoms. The Kier molecular flexibility index (Phi) is 3.53. The molecule has 2 aromatic carbocycles. The summed E-state index contributed by atoms with van der Waals surface area (Å²) in [5.74, 6) is -0.412. The summed E-state index contributed by atoms with van der Waals surface area (Å²) in [7, 11) is 0. The largest absolute Gasteiger partial charge is 0.349 e. The van der Waals surface area contributed by atoms with Gasteiger partial charge in [-0.05, 0) is 52.5 Å². The second-order valence-electron chi connectivity index (χ2n) is 5.97. The highest BCUT2D eigenvalue weighted by molar-refractivity contribution is 9.10. The van der Waals surface area contributed by atoms with Gasteiger partial charge in [0.2, 0.25) is 0 Å². The number of hydrogen-bond acceptors (Lipinski definition) is 2. The highest BCUT2D eigenvalue weighted by atomic mass is 79.9. The summed E-state index contributed by atoms with van der Waals surface area (Å²) < 4.78 is 0.906. The van der Waals surface area contributed by atoms with Gasteiger partial charge in [-0.2, -0.15) is 0 Å². The van der Waals surface area contributed by atoms with E-state index in [1.54, 1.807) is 24.3 Å². The molecule has 2 heterocycles. The van der Waals surface area contributed by atoms with E-state index < -0.39 is 0 Å². The van der Waals surface area contributed by atoms with E-state index in [9.17, 15) is 9.59 Å². The molecule has 0 aliphatic carbocycles. The molecule has 2 amide bonds. The molecule has 0 bridgehead atoms. The molecule has 0 saturated carbocycles. The van der Waals surface area contributed by atoms with Crippen molar-refractivity contribution in [1.82, 2.24) is 9.88 Å². The molecule has 0 fully saturated rings. The van der Waals surface area contributed by atoms with E-state index in [1.165, 1.54) is 10.5 Å². The summed E-state index contributed by atoms with van der Waals surface area (Å²) >= 11 is 3.57. The quantitative estimate of drug-likeness (QED) is 0.693. The van der Waals surface area contributed by atoms with Gasteiger partial charge in [0.15, 0.2) is 0 Å². The first-order valence-corrected chi connectivity index (χ1v) is 8.58. The van der Waals surface area contributed by atoms with Crippen LogP contribution in [0, 0.1) is 6.92 Å². The fourth-order valence-electron chi connectivity index (χ4n) is 3.30. The zero-order chi connectivity index (χ0) is 16.8. The Morgan fingerprint density at radius 3 is 2.33 bits per heavy atom. The third kappa shape index (κ3) is 2.19. The Hall–Kier alpha value is -2.40. The lowest BCUT2D eigenvalue weighted by molar-refractivity contribution is 0.0656. The monoisotopic (exact) mass is 382 g/mol. The van der Waals surface area contributed by atoms with Crippen molar-refractivity contribution < 1.29 is 9.59 Å². The normalized spacial score (nSPS) is 13.8. The molecular weight excluding hydrogens is 368 g/mol. The lowest BCUT2D eigenvalue weighted by atomic mass is 10.1. The molecule has 1 N–H and O–H groups in total. The van der Waals surface area contributed by atoms with E-state index >= 15 is 0 Å². The lowest BCUT2D eigenvalue weighted by Gasteiger charge is -2.13. The summed E-state index contributed by atoms with van der Waals surface area (Å²) in [6.45, 7) is 2.42. The first-order chi connectivity index (χ1) is 11.6. The summed E-state index contributed by atoms with van der Waals surface area (Å²) in [6.07, 6.45) is 0.607. The summed E-state index contributed by atoms with van der Waals surface area (Å²) in [5.41, 5.74) is 4.33. The van der Waals surface area contributed by atoms with Crippen LogP contribution in [0.1, 0.15) is 31.8 Å². The Bertz CT molecular complexity index is 955. The molecule has 0 saturated heterocycles. The van der Waals surface area contributed by atoms with Gasteiger partial charge in [0.25, 0.3) is 11.8 Å². The Morgan fingerprint density at radius 2 is 1.67 bits per heavy atom. The summed E-state index contributed by atoms with van der Waals surface area (Å²) in [6, 6.07) is 13.1. The van der Waals surface area contributed by atoms with Crippen LogP contribution in [-0.2, 0) is 6.42 Å². The minimum atomic E-state index is -0.206. The highest BCUT2D eigenvalue weighted by Crippen LogP contribution is 2.30. The van der Waals surface area contributed by atoms with E-state index in [0.29, 0.717) is 24.1 Å². The van der Waals surface area contributed by atoms with Gasteiger partial charge in [-0.25, -0.2) is 0 Å². The van der Waals surface area contributed by atoms with Crippen LogP contribution in [0.3, 0.4) is 0 Å². The van der Waals surface area contributed by atoms with Gasteiger partial charge in [-0.3, -0.25) is 14.5 Å². The number of para-hydroxylation sites is 1. The van der Waals surface area contributed by atoms with Crippen molar-refractivity contribution in [1.29, 1.82) is 0 Å². The van der Waals surface area contributed by atoms with Gasteiger partial charge < -0.3 is 4.98 Å². The fraction of sp³-hybridized carbons (Fsp3) is 0.158. The van der Waals surface area contributed by atoms with Gasteiger partial charge in [0.05, 0.1) is 15.7 Å². The molecule has 4 rings (SSSR count). The van der Waals surface area contributed by atoms with E-state index in [4.69, 9.17) is 0 Å². The first-order valence-electron chi connectivity index (χ1n) is 7.79. The number of carbonyl (C=O) groups is 2. The van der Waals surface area contributed by atoms with Gasteiger partial charge in [-0.15, -0.1) is 0 Å². The molecule has 0 radical (unpaired) electrons. The maximum absolute atomic E-state index is 12.5. The topological polar surface area (TPSA) is 53.2 Å². The number of fused-ring (bicyclic) bond motifs is 2. The van der Waals surface area contributed by atoms with Crippen LogP contribution in [0.25, 0.3) is 10.9 Å². The van der Waals surface area contributed by atoms with Crippen LogP contribution in [0.5, 0.6) is 0 Å². The predicted octanol–water partition coefficient (Wildman–Crippen LogP) is 4.08. The Balaban J connectivity index is 1.63. The number of rotatable bonds is 3. The van der Waals surface area contributed by atoms with Crippen molar-refractivity contribution in [3.63, 3.8) is 0 Å². The summed E-state index contributed by atoms with van der Waals surface area (Å²) in [5, 5.41) is 1.12. The van der Waals surface area contributed by atoms with Gasteiger partial charge in [-0.1, -0.05) is 30.3 Å². The van der Waals surface area contributed by atoms with E-state index in [2.05, 4.69) is 40.0 Å². The van der Waals surface area contributed by atoms with Crippen LogP contribution >= 0.6 is 15.9 Å². The number of aryl methyl sites for hydroxylation is 1. The average Bonchev–Trinajstić information content (AvgIpc) is 3.03. The van der Waals surface area contributed by atoms with Gasteiger partial charge in [0.1, 0.15) is 0 Å². The standard InChI is InChI=1S/C19H15BrN2O2/c1-11-5-4-8-12-13(17(20)21-16(11)12)9-10-22-18(23)14-6-2-3-7-15(14)19(22)24/h2-8,21H,9-10H2,1H3. The van der Waals surface area contributed by atoms with Gasteiger partial charge >= 0.3 is 0 Å². The fourth-order valence-corrected chi connectivity index (χ4v) is 3.91. The Labute approximate surface area is 147 Å². The lowest BCUT2D eigenvalue weighted by Crippen LogP contribution is -2.31. The number of halogens is 1. The molecule has 120 valence electrons. The summed E-state index contributed by atoms with van der Waals surface area (Å²) in [4.78, 5) is 29.6. The van der Waals surface area contributed by atoms with Crippen molar-refractivity contribution in [2.75, 3.05) is 6.54 Å². The number of amides is 2.